The molecule has 0 radical (unpaired) electrons. The fraction of sp³-hybridized carbons (Fsp3) is 0.833. The van der Waals surface area contributed by atoms with Crippen LogP contribution in [0.1, 0.15) is 84.0 Å². The molecule has 7 atom stereocenters. The fourth-order valence-corrected chi connectivity index (χ4v) is 3.85. The Morgan fingerprint density at radius 3 is 2.24 bits per heavy atom. The summed E-state index contributed by atoms with van der Waals surface area (Å²) in [6.07, 6.45) is 2.58. The molecule has 1 aliphatic heterocycles. The zero-order valence-electron chi connectivity index (χ0n) is 20.0. The van der Waals surface area contributed by atoms with E-state index in [0.717, 1.165) is 51.4 Å². The van der Waals surface area contributed by atoms with Crippen LogP contribution in [0.25, 0.3) is 0 Å². The number of carboxylic acids is 2. The molecule has 1 aliphatic rings. The van der Waals surface area contributed by atoms with Crippen LogP contribution in [-0.4, -0.2) is 85.5 Å². The lowest BCUT2D eigenvalue weighted by atomic mass is 9.98. The van der Waals surface area contributed by atoms with Crippen LogP contribution in [0.3, 0.4) is 0 Å². The molecule has 0 unspecified atom stereocenters. The van der Waals surface area contributed by atoms with Crippen molar-refractivity contribution in [1.29, 1.82) is 0 Å². The molecule has 0 aromatic carbocycles. The molecule has 6 N–H and O–H groups in total. The average molecular weight is 491 g/mol. The third-order valence-corrected chi connectivity index (χ3v) is 5.95. The van der Waals surface area contributed by atoms with Gasteiger partial charge < -0.3 is 40.1 Å². The molecular weight excluding hydrogens is 448 g/mol. The minimum Gasteiger partial charge on any atom is -0.481 e. The van der Waals surface area contributed by atoms with Gasteiger partial charge in [-0.15, -0.1) is 0 Å². The van der Waals surface area contributed by atoms with Crippen LogP contribution in [0.15, 0.2) is 12.2 Å². The molecule has 34 heavy (non-hydrogen) atoms. The first-order chi connectivity index (χ1) is 16.2. The smallest absolute Gasteiger partial charge is 0.335 e. The standard InChI is InChI=1S/C24H42O10/c1-2-3-10-13-16(25)17(14-11-8-6-4-5-7-9-12-15-18(26)27)33-24-21(30)19(28)20(29)22(34-24)23(31)32/h8,11,16-17,19-22,24-25,28-30H,2-7,9-10,12-15H2,1H3,(H,26,27)(H,31,32)/b11-8-/t16-,17-,19-,20+,21-,22-,24-/m0/s1. The molecule has 0 aromatic rings. The minimum absolute atomic E-state index is 0.199. The molecule has 0 amide bonds. The van der Waals surface area contributed by atoms with Crippen molar-refractivity contribution in [3.8, 4) is 0 Å². The summed E-state index contributed by atoms with van der Waals surface area (Å²) in [7, 11) is 0. The summed E-state index contributed by atoms with van der Waals surface area (Å²) in [5, 5.41) is 58.6. The van der Waals surface area contributed by atoms with Gasteiger partial charge >= 0.3 is 11.9 Å². The van der Waals surface area contributed by atoms with Crippen molar-refractivity contribution in [3.63, 3.8) is 0 Å². The summed E-state index contributed by atoms with van der Waals surface area (Å²) in [6.45, 7) is 2.04. The summed E-state index contributed by atoms with van der Waals surface area (Å²) in [5.41, 5.74) is 0. The lowest BCUT2D eigenvalue weighted by Gasteiger charge is -2.40. The first-order valence-electron chi connectivity index (χ1n) is 12.3. The predicted molar refractivity (Wildman–Crippen MR) is 123 cm³/mol. The lowest BCUT2D eigenvalue weighted by molar-refractivity contribution is -0.310. The lowest BCUT2D eigenvalue weighted by Crippen LogP contribution is -2.61. The molecule has 0 aliphatic carbocycles. The number of allylic oxidation sites excluding steroid dienone is 1. The Morgan fingerprint density at radius 1 is 0.912 bits per heavy atom. The molecule has 0 bridgehead atoms. The highest BCUT2D eigenvalue weighted by Crippen LogP contribution is 2.26. The Balaban J connectivity index is 2.60. The average Bonchev–Trinajstić information content (AvgIpc) is 2.79. The molecule has 10 heteroatoms. The van der Waals surface area contributed by atoms with Gasteiger partial charge in [-0.2, -0.15) is 0 Å². The molecule has 1 rings (SSSR count). The first-order valence-corrected chi connectivity index (χ1v) is 12.3. The number of carbonyl (C=O) groups is 2. The largest absolute Gasteiger partial charge is 0.481 e. The predicted octanol–water partition coefficient (Wildman–Crippen LogP) is 1.97. The Bertz CT molecular complexity index is 611. The summed E-state index contributed by atoms with van der Waals surface area (Å²) in [5.74, 6) is -2.26. The van der Waals surface area contributed by atoms with Crippen molar-refractivity contribution in [2.24, 2.45) is 0 Å². The Kier molecular flexibility index (Phi) is 15.2. The number of aliphatic hydroxyl groups excluding tert-OH is 4. The van der Waals surface area contributed by atoms with Crippen LogP contribution in [-0.2, 0) is 19.1 Å². The number of aliphatic hydroxyl groups is 4. The molecule has 0 spiro atoms. The SMILES string of the molecule is CCCCC[C@H](O)[C@H](C/C=C\CCCCCCCC(=O)O)O[C@H]1O[C@H](C(=O)O)[C@H](O)[C@H](O)[C@@H]1O. The van der Waals surface area contributed by atoms with E-state index in [4.69, 9.17) is 14.6 Å². The second-order valence-corrected chi connectivity index (χ2v) is 8.88. The van der Waals surface area contributed by atoms with E-state index >= 15 is 0 Å². The Labute approximate surface area is 201 Å². The second kappa shape index (κ2) is 17.0. The maximum Gasteiger partial charge on any atom is 0.335 e. The number of aliphatic carboxylic acids is 2. The molecule has 1 heterocycles. The van der Waals surface area contributed by atoms with Gasteiger partial charge in [-0.25, -0.2) is 4.79 Å². The van der Waals surface area contributed by atoms with Gasteiger partial charge in [0.15, 0.2) is 12.4 Å². The summed E-state index contributed by atoms with van der Waals surface area (Å²) >= 11 is 0. The van der Waals surface area contributed by atoms with Gasteiger partial charge in [0.1, 0.15) is 18.3 Å². The number of hydrogen-bond acceptors (Lipinski definition) is 8. The fourth-order valence-electron chi connectivity index (χ4n) is 3.85. The normalized spacial score (nSPS) is 27.0. The van der Waals surface area contributed by atoms with Crippen LogP contribution >= 0.6 is 0 Å². The van der Waals surface area contributed by atoms with Crippen molar-refractivity contribution < 1.29 is 49.7 Å². The molecule has 1 saturated heterocycles. The maximum atomic E-state index is 11.3. The van der Waals surface area contributed by atoms with Crippen LogP contribution in [0.4, 0.5) is 0 Å². The third-order valence-electron chi connectivity index (χ3n) is 5.95. The van der Waals surface area contributed by atoms with Gasteiger partial charge in [0, 0.05) is 6.42 Å². The maximum absolute atomic E-state index is 11.3. The van der Waals surface area contributed by atoms with E-state index in [1.54, 1.807) is 0 Å². The van der Waals surface area contributed by atoms with Crippen LogP contribution < -0.4 is 0 Å². The van der Waals surface area contributed by atoms with Gasteiger partial charge in [0.25, 0.3) is 0 Å². The van der Waals surface area contributed by atoms with E-state index in [9.17, 15) is 35.1 Å². The summed E-state index contributed by atoms with van der Waals surface area (Å²) in [6, 6.07) is 0. The van der Waals surface area contributed by atoms with Crippen molar-refractivity contribution in [1.82, 2.24) is 0 Å². The van der Waals surface area contributed by atoms with Crippen LogP contribution in [0.5, 0.6) is 0 Å². The highest BCUT2D eigenvalue weighted by Gasteiger charge is 2.48. The van der Waals surface area contributed by atoms with E-state index in [-0.39, 0.29) is 6.42 Å². The third kappa shape index (κ3) is 11.2. The van der Waals surface area contributed by atoms with Crippen LogP contribution in [0, 0.1) is 0 Å². The Hall–Kier alpha value is -1.56. The van der Waals surface area contributed by atoms with Crippen molar-refractivity contribution >= 4 is 11.9 Å². The Morgan fingerprint density at radius 2 is 1.59 bits per heavy atom. The number of rotatable bonds is 18. The van der Waals surface area contributed by atoms with E-state index in [0.29, 0.717) is 19.3 Å². The van der Waals surface area contributed by atoms with Gasteiger partial charge in [-0.3, -0.25) is 4.79 Å². The van der Waals surface area contributed by atoms with E-state index in [1.165, 1.54) is 0 Å². The van der Waals surface area contributed by atoms with E-state index in [2.05, 4.69) is 0 Å². The second-order valence-electron chi connectivity index (χ2n) is 8.88. The molecular formula is C24H42O10. The van der Waals surface area contributed by atoms with Crippen molar-refractivity contribution in [3.05, 3.63) is 12.2 Å². The molecule has 0 aromatic heterocycles. The highest BCUT2D eigenvalue weighted by molar-refractivity contribution is 5.73. The van der Waals surface area contributed by atoms with Gasteiger partial charge in [0.2, 0.25) is 0 Å². The molecule has 10 nitrogen and oxygen atoms in total. The molecule has 0 saturated carbocycles. The monoisotopic (exact) mass is 490 g/mol. The summed E-state index contributed by atoms with van der Waals surface area (Å²) < 4.78 is 10.9. The number of unbranched alkanes of at least 4 members (excludes halogenated alkanes) is 7. The van der Waals surface area contributed by atoms with Gasteiger partial charge in [-0.05, 0) is 32.1 Å². The number of ether oxygens (including phenoxy) is 2. The number of carboxylic acid groups (broad SMARTS) is 2. The van der Waals surface area contributed by atoms with E-state index < -0.39 is 54.9 Å². The zero-order valence-corrected chi connectivity index (χ0v) is 20.0. The minimum atomic E-state index is -1.80. The highest BCUT2D eigenvalue weighted by atomic mass is 16.7. The molecule has 1 fully saturated rings. The van der Waals surface area contributed by atoms with Crippen molar-refractivity contribution in [2.75, 3.05) is 0 Å². The first kappa shape index (κ1) is 30.5. The van der Waals surface area contributed by atoms with Crippen molar-refractivity contribution in [2.45, 2.75) is 127 Å². The molecule has 198 valence electrons. The summed E-state index contributed by atoms with van der Waals surface area (Å²) in [4.78, 5) is 21.8. The van der Waals surface area contributed by atoms with Gasteiger partial charge in [-0.1, -0.05) is 57.6 Å². The van der Waals surface area contributed by atoms with Gasteiger partial charge in [0.05, 0.1) is 12.2 Å². The topological polar surface area (TPSA) is 174 Å². The zero-order chi connectivity index (χ0) is 25.5. The van der Waals surface area contributed by atoms with E-state index in [1.807, 2.05) is 19.1 Å². The quantitative estimate of drug-likeness (QED) is 0.123. The van der Waals surface area contributed by atoms with Crippen LogP contribution in [0.2, 0.25) is 0 Å². The number of hydrogen-bond donors (Lipinski definition) is 6.